The average Bonchev–Trinajstić information content (AvgIpc) is 2.90. The zero-order valence-electron chi connectivity index (χ0n) is 24.6. The maximum Gasteiger partial charge on any atom is 0.0461 e. The highest BCUT2D eigenvalue weighted by Gasteiger charge is 2.29. The quantitative estimate of drug-likeness (QED) is 0.190. The van der Waals surface area contributed by atoms with E-state index in [4.69, 9.17) is 0 Å². The lowest BCUT2D eigenvalue weighted by Crippen LogP contribution is -2.22. The van der Waals surface area contributed by atoms with Crippen molar-refractivity contribution in [3.8, 4) is 0 Å². The molecule has 202 valence electrons. The Morgan fingerprint density at radius 3 is 1.62 bits per heavy atom. The molecule has 0 spiro atoms. The van der Waals surface area contributed by atoms with Crippen LogP contribution in [-0.2, 0) is 19.3 Å². The minimum Gasteiger partial charge on any atom is -0.311 e. The van der Waals surface area contributed by atoms with Gasteiger partial charge in [-0.3, -0.25) is 0 Å². The van der Waals surface area contributed by atoms with Crippen molar-refractivity contribution in [1.82, 2.24) is 0 Å². The number of rotatable bonds is 10. The summed E-state index contributed by atoms with van der Waals surface area (Å²) in [5, 5.41) is 0. The first-order chi connectivity index (χ1) is 18.7. The number of benzene rings is 4. The van der Waals surface area contributed by atoms with Gasteiger partial charge in [0.2, 0.25) is 0 Å². The number of anilines is 3. The maximum absolute atomic E-state index is 2.49. The molecule has 1 unspecified atom stereocenters. The van der Waals surface area contributed by atoms with Gasteiger partial charge in [-0.2, -0.15) is 0 Å². The molecule has 0 bridgehead atoms. The van der Waals surface area contributed by atoms with Gasteiger partial charge >= 0.3 is 0 Å². The van der Waals surface area contributed by atoms with Crippen molar-refractivity contribution in [3.63, 3.8) is 0 Å². The summed E-state index contributed by atoms with van der Waals surface area (Å²) in [4.78, 5) is 2.35. The SMILES string of the molecule is Cc1ccc(N(c2ccc(C)cc2)c2ccc(CCCCCc3ccc4c(c3)CC4CC(C)(C)C)cc2)cc1. The summed E-state index contributed by atoms with van der Waals surface area (Å²) < 4.78 is 0. The van der Waals surface area contributed by atoms with Gasteiger partial charge in [0.15, 0.2) is 0 Å². The fourth-order valence-corrected chi connectivity index (χ4v) is 6.04. The molecule has 1 aliphatic carbocycles. The first-order valence-corrected chi connectivity index (χ1v) is 14.9. The Morgan fingerprint density at radius 2 is 1.10 bits per heavy atom. The molecule has 1 nitrogen and oxygen atoms in total. The highest BCUT2D eigenvalue weighted by atomic mass is 15.1. The maximum atomic E-state index is 2.49. The molecular formula is C38H45N. The van der Waals surface area contributed by atoms with Crippen molar-refractivity contribution < 1.29 is 0 Å². The van der Waals surface area contributed by atoms with Gasteiger partial charge in [0, 0.05) is 17.1 Å². The minimum absolute atomic E-state index is 0.420. The van der Waals surface area contributed by atoms with Gasteiger partial charge < -0.3 is 4.90 Å². The second kappa shape index (κ2) is 11.8. The van der Waals surface area contributed by atoms with Crippen LogP contribution in [0.4, 0.5) is 17.1 Å². The Balaban J connectivity index is 1.14. The fraction of sp³-hybridized carbons (Fsp3) is 0.368. The zero-order valence-corrected chi connectivity index (χ0v) is 24.6. The number of hydrogen-bond acceptors (Lipinski definition) is 1. The second-order valence-electron chi connectivity index (χ2n) is 12.9. The molecule has 1 aliphatic rings. The molecule has 0 N–H and O–H groups in total. The molecule has 1 atom stereocenters. The van der Waals surface area contributed by atoms with E-state index in [9.17, 15) is 0 Å². The van der Waals surface area contributed by atoms with Crippen molar-refractivity contribution >= 4 is 17.1 Å². The molecule has 1 heteroatoms. The molecule has 0 fully saturated rings. The van der Waals surface area contributed by atoms with Crippen LogP contribution in [0.1, 0.15) is 85.8 Å². The lowest BCUT2D eigenvalue weighted by atomic mass is 9.69. The van der Waals surface area contributed by atoms with Gasteiger partial charge in [-0.15, -0.1) is 0 Å². The van der Waals surface area contributed by atoms with Crippen LogP contribution < -0.4 is 4.90 Å². The molecule has 4 aromatic rings. The van der Waals surface area contributed by atoms with Crippen LogP contribution in [0, 0.1) is 19.3 Å². The van der Waals surface area contributed by atoms with Crippen LogP contribution in [-0.4, -0.2) is 0 Å². The zero-order chi connectivity index (χ0) is 27.4. The Hall–Kier alpha value is -3.32. The molecule has 0 amide bonds. The van der Waals surface area contributed by atoms with E-state index in [0.29, 0.717) is 5.41 Å². The van der Waals surface area contributed by atoms with Crippen molar-refractivity contribution in [3.05, 3.63) is 124 Å². The third-order valence-electron chi connectivity index (χ3n) is 8.18. The topological polar surface area (TPSA) is 3.24 Å². The van der Waals surface area contributed by atoms with Crippen LogP contribution >= 0.6 is 0 Å². The van der Waals surface area contributed by atoms with Crippen molar-refractivity contribution in [2.24, 2.45) is 5.41 Å². The number of hydrogen-bond donors (Lipinski definition) is 0. The Labute approximate surface area is 236 Å². The largest absolute Gasteiger partial charge is 0.311 e. The third kappa shape index (κ3) is 7.01. The summed E-state index contributed by atoms with van der Waals surface area (Å²) in [6, 6.07) is 34.1. The van der Waals surface area contributed by atoms with Crippen molar-refractivity contribution in [1.29, 1.82) is 0 Å². The summed E-state index contributed by atoms with van der Waals surface area (Å²) >= 11 is 0. The van der Waals surface area contributed by atoms with Gasteiger partial charge in [0.25, 0.3) is 0 Å². The predicted molar refractivity (Wildman–Crippen MR) is 169 cm³/mol. The highest BCUT2D eigenvalue weighted by Crippen LogP contribution is 2.43. The first kappa shape index (κ1) is 27.3. The Morgan fingerprint density at radius 1 is 0.615 bits per heavy atom. The third-order valence-corrected chi connectivity index (χ3v) is 8.18. The first-order valence-electron chi connectivity index (χ1n) is 14.9. The molecule has 0 saturated carbocycles. The molecule has 4 aromatic carbocycles. The summed E-state index contributed by atoms with van der Waals surface area (Å²) in [6.45, 7) is 11.4. The summed E-state index contributed by atoms with van der Waals surface area (Å²) in [6.07, 6.45) is 8.74. The molecule has 0 aromatic heterocycles. The van der Waals surface area contributed by atoms with E-state index in [1.54, 1.807) is 11.1 Å². The summed E-state index contributed by atoms with van der Waals surface area (Å²) in [7, 11) is 0. The van der Waals surface area contributed by atoms with Crippen LogP contribution in [0.15, 0.2) is 91.0 Å². The Kier molecular flexibility index (Phi) is 8.26. The van der Waals surface area contributed by atoms with Crippen LogP contribution in [0.3, 0.4) is 0 Å². The molecule has 5 rings (SSSR count). The normalized spacial score (nSPS) is 14.5. The van der Waals surface area contributed by atoms with E-state index in [1.807, 2.05) is 0 Å². The van der Waals surface area contributed by atoms with E-state index >= 15 is 0 Å². The second-order valence-corrected chi connectivity index (χ2v) is 12.9. The smallest absolute Gasteiger partial charge is 0.0461 e. The molecule has 0 aliphatic heterocycles. The van der Waals surface area contributed by atoms with Crippen molar-refractivity contribution in [2.45, 2.75) is 85.5 Å². The van der Waals surface area contributed by atoms with E-state index in [2.05, 4.69) is 131 Å². The predicted octanol–water partition coefficient (Wildman–Crippen LogP) is 10.8. The van der Waals surface area contributed by atoms with Gasteiger partial charge in [0.1, 0.15) is 0 Å². The number of unbranched alkanes of at least 4 members (excludes halogenated alkanes) is 2. The highest BCUT2D eigenvalue weighted by molar-refractivity contribution is 5.76. The van der Waals surface area contributed by atoms with E-state index in [1.165, 1.54) is 77.8 Å². The van der Waals surface area contributed by atoms with Gasteiger partial charge in [-0.1, -0.05) is 92.9 Å². The fourth-order valence-electron chi connectivity index (χ4n) is 6.04. The molecule has 0 saturated heterocycles. The summed E-state index contributed by atoms with van der Waals surface area (Å²) in [5.74, 6) is 0.779. The Bertz CT molecular complexity index is 1310. The minimum atomic E-state index is 0.420. The molecule has 39 heavy (non-hydrogen) atoms. The van der Waals surface area contributed by atoms with E-state index < -0.39 is 0 Å². The van der Waals surface area contributed by atoms with Crippen molar-refractivity contribution in [2.75, 3.05) is 4.90 Å². The van der Waals surface area contributed by atoms with Gasteiger partial charge in [-0.25, -0.2) is 0 Å². The lowest BCUT2D eigenvalue weighted by Gasteiger charge is -2.35. The monoisotopic (exact) mass is 515 g/mol. The van der Waals surface area contributed by atoms with E-state index in [-0.39, 0.29) is 0 Å². The number of aryl methyl sites for hydroxylation is 4. The van der Waals surface area contributed by atoms with Gasteiger partial charge in [0.05, 0.1) is 0 Å². The lowest BCUT2D eigenvalue weighted by molar-refractivity contribution is 0.323. The molecule has 0 radical (unpaired) electrons. The standard InChI is InChI=1S/C38H45N/c1-28-11-18-34(19-12-28)39(35-20-13-29(2)14-21-35)36-22-15-30(16-23-36)9-7-6-8-10-31-17-24-37-32(25-31)26-33(37)27-38(3,4)5/h11-25,33H,6-10,26-27H2,1-5H3. The number of fused-ring (bicyclic) bond motifs is 1. The van der Waals surface area contributed by atoms with E-state index in [0.717, 1.165) is 12.3 Å². The molecular weight excluding hydrogens is 470 g/mol. The molecule has 0 heterocycles. The van der Waals surface area contributed by atoms with Gasteiger partial charge in [-0.05, 0) is 122 Å². The van der Waals surface area contributed by atoms with Crippen LogP contribution in [0.25, 0.3) is 0 Å². The summed E-state index contributed by atoms with van der Waals surface area (Å²) in [5.41, 5.74) is 12.7. The number of nitrogens with zero attached hydrogens (tertiary/aromatic N) is 1. The average molecular weight is 516 g/mol. The van der Waals surface area contributed by atoms with Crippen LogP contribution in [0.2, 0.25) is 0 Å². The van der Waals surface area contributed by atoms with Crippen LogP contribution in [0.5, 0.6) is 0 Å².